The minimum atomic E-state index is -1.35. The number of nitrogens with zero attached hydrogens (tertiary/aromatic N) is 2. The molecule has 4 heterocycles. The number of ether oxygens (including phenoxy) is 1. The number of fused-ring (bicyclic) bond motifs is 6. The Morgan fingerprint density at radius 1 is 1.13 bits per heavy atom. The highest BCUT2D eigenvalue weighted by molar-refractivity contribution is 6.62. The first-order valence-electron chi connectivity index (χ1n) is 15.7. The van der Waals surface area contributed by atoms with Crippen molar-refractivity contribution < 1.29 is 28.7 Å². The molecule has 2 unspecified atom stereocenters. The Balaban J connectivity index is 1.24. The van der Waals surface area contributed by atoms with Gasteiger partial charge in [0.15, 0.2) is 11.9 Å². The van der Waals surface area contributed by atoms with E-state index in [1.54, 1.807) is 0 Å². The third-order valence-corrected chi connectivity index (χ3v) is 10.3. The van der Waals surface area contributed by atoms with E-state index in [1.807, 2.05) is 24.8 Å². The summed E-state index contributed by atoms with van der Waals surface area (Å²) in [6.45, 7) is 12.9. The molecule has 2 saturated heterocycles. The number of aromatic amines is 1. The van der Waals surface area contributed by atoms with Gasteiger partial charge in [-0.15, -0.1) is 0 Å². The van der Waals surface area contributed by atoms with Crippen LogP contribution in [-0.2, 0) is 20.7 Å². The average Bonchev–Trinajstić information content (AvgIpc) is 3.70. The first-order valence-corrected chi connectivity index (χ1v) is 15.7. The van der Waals surface area contributed by atoms with E-state index in [0.29, 0.717) is 19.0 Å². The zero-order chi connectivity index (χ0) is 31.9. The Kier molecular flexibility index (Phi) is 6.81. The molecule has 3 aliphatic rings. The average molecular weight is 611 g/mol. The normalized spacial score (nSPS) is 21.8. The van der Waals surface area contributed by atoms with Gasteiger partial charge in [-0.3, -0.25) is 15.0 Å². The van der Waals surface area contributed by atoms with Crippen molar-refractivity contribution >= 4 is 46.8 Å². The second-order valence-corrected chi connectivity index (χ2v) is 13.8. The van der Waals surface area contributed by atoms with E-state index in [9.17, 15) is 14.7 Å². The molecule has 2 fully saturated rings. The summed E-state index contributed by atoms with van der Waals surface area (Å²) in [5.41, 5.74) is 3.71. The third-order valence-electron chi connectivity index (χ3n) is 10.3. The number of aldehydes is 1. The van der Waals surface area contributed by atoms with Crippen molar-refractivity contribution in [2.24, 2.45) is 5.92 Å². The summed E-state index contributed by atoms with van der Waals surface area (Å²) in [4.78, 5) is 34.7. The molecular formula is C34H39BN4O6. The Hall–Kier alpha value is -3.93. The van der Waals surface area contributed by atoms with Gasteiger partial charge in [-0.25, -0.2) is 9.78 Å². The summed E-state index contributed by atoms with van der Waals surface area (Å²) < 4.78 is 18.9. The number of carboxylic acid groups (broad SMARTS) is 1. The highest BCUT2D eigenvalue weighted by Crippen LogP contribution is 2.43. The van der Waals surface area contributed by atoms with E-state index < -0.39 is 30.1 Å². The van der Waals surface area contributed by atoms with Crippen LogP contribution in [0.1, 0.15) is 71.8 Å². The number of amides is 1. The lowest BCUT2D eigenvalue weighted by molar-refractivity contribution is -0.125. The number of carbonyl (C=O) groups is 2. The molecule has 0 radical (unpaired) electrons. The predicted molar refractivity (Wildman–Crippen MR) is 173 cm³/mol. The molecule has 0 saturated carbocycles. The summed E-state index contributed by atoms with van der Waals surface area (Å²) >= 11 is 0. The van der Waals surface area contributed by atoms with Crippen molar-refractivity contribution in [3.63, 3.8) is 0 Å². The molecule has 0 aliphatic carbocycles. The number of H-pyrrole nitrogens is 1. The summed E-state index contributed by atoms with van der Waals surface area (Å²) in [7, 11) is -0.437. The molecule has 7 rings (SSSR count). The monoisotopic (exact) mass is 610 g/mol. The molecule has 4 aromatic rings. The predicted octanol–water partition coefficient (Wildman–Crippen LogP) is 5.53. The third kappa shape index (κ3) is 4.63. The fraction of sp³-hybridized carbons (Fsp3) is 0.441. The number of hydrogen-bond donors (Lipinski definition) is 3. The molecule has 45 heavy (non-hydrogen) atoms. The van der Waals surface area contributed by atoms with E-state index in [-0.39, 0.29) is 12.0 Å². The SMILES string of the molecule is CC(C)C(C=O)(NC(=O)O)N1CCCC1c1nc2c(ccc3cc4c(cc32)OCc2cc(B3OC(C)(C)C(C)(C)O3)ccc2-4)[nH]1. The minimum absolute atomic E-state index is 0.245. The zero-order valence-corrected chi connectivity index (χ0v) is 26.6. The van der Waals surface area contributed by atoms with Crippen LogP contribution in [0.2, 0.25) is 0 Å². The number of carbonyl (C=O) groups excluding carboxylic acids is 1. The number of benzene rings is 3. The molecule has 11 heteroatoms. The molecule has 0 spiro atoms. The van der Waals surface area contributed by atoms with Gasteiger partial charge in [0.25, 0.3) is 0 Å². The smallest absolute Gasteiger partial charge is 0.488 e. The van der Waals surface area contributed by atoms with Crippen LogP contribution in [0, 0.1) is 5.92 Å². The van der Waals surface area contributed by atoms with Crippen LogP contribution in [0.25, 0.3) is 32.9 Å². The van der Waals surface area contributed by atoms with Crippen LogP contribution in [0.15, 0.2) is 42.5 Å². The second kappa shape index (κ2) is 10.3. The minimum Gasteiger partial charge on any atom is -0.488 e. The standard InChI is InChI=1S/C34H39BN4O6/c1-19(2)34(18-40,38-31(41)42)39-13-7-8-27(39)30-36-26-12-9-20-15-25-23-11-10-22(35-44-32(3,4)33(5,6)45-35)14-21(23)17-43-28(25)16-24(20)29(26)37-30/h9-12,14-16,18-19,27,38H,7-8,13,17H2,1-6H3,(H,36,37)(H,41,42). The van der Waals surface area contributed by atoms with E-state index in [4.69, 9.17) is 19.0 Å². The fourth-order valence-electron chi connectivity index (χ4n) is 7.06. The maximum absolute atomic E-state index is 12.5. The second-order valence-electron chi connectivity index (χ2n) is 13.8. The summed E-state index contributed by atoms with van der Waals surface area (Å²) in [5, 5.41) is 14.1. The van der Waals surface area contributed by atoms with E-state index in [0.717, 1.165) is 68.8 Å². The lowest BCUT2D eigenvalue weighted by atomic mass is 9.77. The topological polar surface area (TPSA) is 126 Å². The first-order chi connectivity index (χ1) is 21.3. The van der Waals surface area contributed by atoms with Gasteiger partial charge in [0.1, 0.15) is 18.2 Å². The van der Waals surface area contributed by atoms with E-state index in [2.05, 4.69) is 74.4 Å². The van der Waals surface area contributed by atoms with Gasteiger partial charge in [0.2, 0.25) is 0 Å². The number of aromatic nitrogens is 2. The maximum Gasteiger partial charge on any atom is 0.494 e. The van der Waals surface area contributed by atoms with Crippen LogP contribution in [0.3, 0.4) is 0 Å². The Morgan fingerprint density at radius 2 is 1.89 bits per heavy atom. The van der Waals surface area contributed by atoms with Crippen molar-refractivity contribution in [2.75, 3.05) is 6.54 Å². The lowest BCUT2D eigenvalue weighted by Crippen LogP contribution is -2.64. The first kappa shape index (κ1) is 29.8. The molecular weight excluding hydrogens is 571 g/mol. The van der Waals surface area contributed by atoms with Crippen LogP contribution in [0.4, 0.5) is 4.79 Å². The number of nitrogens with one attached hydrogen (secondary N) is 2. The van der Waals surface area contributed by atoms with Gasteiger partial charge in [-0.2, -0.15) is 0 Å². The molecule has 1 amide bonds. The van der Waals surface area contributed by atoms with Gasteiger partial charge in [0.05, 0.1) is 28.3 Å². The molecule has 10 nitrogen and oxygen atoms in total. The number of likely N-dealkylation sites (tertiary alicyclic amines) is 1. The number of imidazole rings is 1. The summed E-state index contributed by atoms with van der Waals surface area (Å²) in [6, 6.07) is 14.4. The largest absolute Gasteiger partial charge is 0.494 e. The number of rotatable bonds is 6. The van der Waals surface area contributed by atoms with Crippen LogP contribution < -0.4 is 15.5 Å². The molecule has 1 aromatic heterocycles. The highest BCUT2D eigenvalue weighted by atomic mass is 16.7. The molecule has 3 N–H and O–H groups in total. The molecule has 0 bridgehead atoms. The van der Waals surface area contributed by atoms with Gasteiger partial charge in [0, 0.05) is 17.5 Å². The number of hydrogen-bond acceptors (Lipinski definition) is 7. The van der Waals surface area contributed by atoms with E-state index >= 15 is 0 Å². The van der Waals surface area contributed by atoms with E-state index in [1.165, 1.54) is 0 Å². The highest BCUT2D eigenvalue weighted by Gasteiger charge is 2.52. The zero-order valence-electron chi connectivity index (χ0n) is 26.6. The molecule has 2 atom stereocenters. The van der Waals surface area contributed by atoms with Gasteiger partial charge >= 0.3 is 13.2 Å². The van der Waals surface area contributed by atoms with Crippen LogP contribution >= 0.6 is 0 Å². The Bertz CT molecular complexity index is 1840. The lowest BCUT2D eigenvalue weighted by Gasteiger charge is -2.43. The summed E-state index contributed by atoms with van der Waals surface area (Å²) in [6.07, 6.45) is 1.07. The van der Waals surface area contributed by atoms with Crippen molar-refractivity contribution in [1.29, 1.82) is 0 Å². The van der Waals surface area contributed by atoms with Gasteiger partial charge in [-0.05, 0) is 86.6 Å². The Morgan fingerprint density at radius 3 is 2.58 bits per heavy atom. The van der Waals surface area contributed by atoms with Crippen molar-refractivity contribution in [3.05, 3.63) is 53.9 Å². The van der Waals surface area contributed by atoms with Gasteiger partial charge < -0.3 is 24.1 Å². The Labute approximate surface area is 262 Å². The van der Waals surface area contributed by atoms with Crippen LogP contribution in [0.5, 0.6) is 5.75 Å². The van der Waals surface area contributed by atoms with Crippen molar-refractivity contribution in [2.45, 2.75) is 83.9 Å². The van der Waals surface area contributed by atoms with Crippen LogP contribution in [-0.4, -0.2) is 62.9 Å². The summed E-state index contributed by atoms with van der Waals surface area (Å²) in [5.74, 6) is 1.23. The quantitative estimate of drug-likeness (QED) is 0.192. The molecule has 3 aromatic carbocycles. The molecule has 3 aliphatic heterocycles. The van der Waals surface area contributed by atoms with Crippen molar-refractivity contribution in [1.82, 2.24) is 20.2 Å². The maximum atomic E-state index is 12.5. The fourth-order valence-corrected chi connectivity index (χ4v) is 7.06. The molecule has 234 valence electrons. The van der Waals surface area contributed by atoms with Gasteiger partial charge in [-0.1, -0.05) is 38.1 Å². The van der Waals surface area contributed by atoms with Crippen molar-refractivity contribution in [3.8, 4) is 16.9 Å².